The molecule has 0 spiro atoms. The van der Waals surface area contributed by atoms with E-state index in [0.29, 0.717) is 0 Å². The zero-order valence-electron chi connectivity index (χ0n) is 3.30. The fraction of sp³-hybridized carbons (Fsp3) is 0. The molecule has 53 valence electrons. The SMILES string of the molecule is [IH+].[IH+].[IH+].[O]=[Sb]([O-])([O-])[O-]. The molecule has 0 atom stereocenters. The summed E-state index contributed by atoms with van der Waals surface area (Å²) in [4.78, 5) is 0. The standard InChI is InChI=1S/3HI.4O.Sb/h3*1H;;;;;/q3*+1;;3*-1;. The molecule has 0 aromatic heterocycles. The van der Waals surface area contributed by atoms with Crippen molar-refractivity contribution in [3.05, 3.63) is 0 Å². The first kappa shape index (κ1) is 22.4. The van der Waals surface area contributed by atoms with Crippen molar-refractivity contribution in [2.75, 3.05) is 0 Å². The van der Waals surface area contributed by atoms with Crippen LogP contribution >= 0.6 is 0 Å². The maximum absolute atomic E-state index is 8.64. The van der Waals surface area contributed by atoms with E-state index in [4.69, 9.17) is 13.2 Å². The molecule has 0 unspecified atom stereocenters. The van der Waals surface area contributed by atoms with E-state index in [9.17, 15) is 0 Å². The molecule has 0 aromatic rings. The van der Waals surface area contributed by atoms with Gasteiger partial charge in [-0.15, -0.1) is 0 Å². The number of hydrogen-bond donors (Lipinski definition) is 0. The Bertz CT molecular complexity index is 57.4. The van der Waals surface area contributed by atoms with Crippen molar-refractivity contribution in [2.24, 2.45) is 0 Å². The van der Waals surface area contributed by atoms with Crippen molar-refractivity contribution < 1.29 is 85.1 Å². The van der Waals surface area contributed by atoms with Gasteiger partial charge in [0, 0.05) is 0 Å². The molecule has 8 heavy (non-hydrogen) atoms. The molecule has 0 saturated heterocycles. The molecule has 0 rings (SSSR count). The summed E-state index contributed by atoms with van der Waals surface area (Å²) in [6.45, 7) is 0. The molecule has 0 aliphatic rings. The molecular weight excluding hydrogens is 566 g/mol. The normalized spacial score (nSPS) is 7.38. The molecule has 3 radical (unpaired) electrons. The number of halogens is 3. The van der Waals surface area contributed by atoms with Crippen molar-refractivity contribution in [3.8, 4) is 0 Å². The minimum atomic E-state index is -6.10. The van der Waals surface area contributed by atoms with E-state index in [-0.39, 0.29) is 71.9 Å². The first-order valence-electron chi connectivity index (χ1n) is 0.730. The summed E-state index contributed by atoms with van der Waals surface area (Å²) in [5.74, 6) is 0. The van der Waals surface area contributed by atoms with E-state index in [1.807, 2.05) is 0 Å². The van der Waals surface area contributed by atoms with Crippen LogP contribution in [0.4, 0.5) is 0 Å². The van der Waals surface area contributed by atoms with Crippen LogP contribution in [-0.2, 0) is 3.02 Å². The van der Waals surface area contributed by atoms with Gasteiger partial charge >= 0.3 is 105 Å². The molecule has 0 aliphatic heterocycles. The zero-order chi connectivity index (χ0) is 4.50. The molecule has 0 aromatic carbocycles. The topological polar surface area (TPSA) is 86.2 Å². The summed E-state index contributed by atoms with van der Waals surface area (Å²) in [7, 11) is 0. The van der Waals surface area contributed by atoms with E-state index in [1.54, 1.807) is 0 Å². The summed E-state index contributed by atoms with van der Waals surface area (Å²) >= 11 is -6.10. The van der Waals surface area contributed by atoms with E-state index < -0.39 is 20.1 Å². The van der Waals surface area contributed by atoms with Gasteiger partial charge in [-0.3, -0.25) is 0 Å². The molecule has 0 N–H and O–H groups in total. The van der Waals surface area contributed by atoms with Crippen molar-refractivity contribution in [2.45, 2.75) is 0 Å². The molecule has 8 heteroatoms. The predicted molar refractivity (Wildman–Crippen MR) is 10.6 cm³/mol. The van der Waals surface area contributed by atoms with Crippen LogP contribution < -0.4 is 82.1 Å². The van der Waals surface area contributed by atoms with E-state index >= 15 is 0 Å². The molecular formula is H3I3O4Sb. The Morgan fingerprint density at radius 3 is 0.875 bits per heavy atom. The average molecular weight is 569 g/mol. The Balaban J connectivity index is -0.0000000267. The average Bonchev–Trinajstić information content (AvgIpc) is 0.722. The van der Waals surface area contributed by atoms with Gasteiger partial charge in [0.25, 0.3) is 0 Å². The second-order valence-corrected chi connectivity index (χ2v) is 3.00. The third-order valence-corrected chi connectivity index (χ3v) is 0. The Morgan fingerprint density at radius 2 is 0.875 bits per heavy atom. The summed E-state index contributed by atoms with van der Waals surface area (Å²) in [5, 5.41) is 0. The van der Waals surface area contributed by atoms with Gasteiger partial charge in [0.2, 0.25) is 0 Å². The van der Waals surface area contributed by atoms with Gasteiger partial charge in [-0.25, -0.2) is 0 Å². The van der Waals surface area contributed by atoms with Gasteiger partial charge in [0.15, 0.2) is 0 Å². The Kier molecular flexibility index (Phi) is 27.2. The second-order valence-electron chi connectivity index (χ2n) is 0.447. The number of hydrogen-bond acceptors (Lipinski definition) is 4. The van der Waals surface area contributed by atoms with Crippen LogP contribution in [0.1, 0.15) is 0 Å². The first-order chi connectivity index (χ1) is 2.00. The van der Waals surface area contributed by atoms with Crippen LogP contribution in [0, 0.1) is 0 Å². The van der Waals surface area contributed by atoms with Crippen LogP contribution in [0.3, 0.4) is 0 Å². The van der Waals surface area contributed by atoms with Crippen LogP contribution in [-0.4, -0.2) is 20.1 Å². The minimum absolute atomic E-state index is 0. The third-order valence-electron chi connectivity index (χ3n) is 0. The van der Waals surface area contributed by atoms with Crippen molar-refractivity contribution >= 4 is 20.1 Å². The third kappa shape index (κ3) is 71.1. The van der Waals surface area contributed by atoms with E-state index in [0.717, 1.165) is 0 Å². The summed E-state index contributed by atoms with van der Waals surface area (Å²) in [5.41, 5.74) is 0. The summed E-state index contributed by atoms with van der Waals surface area (Å²) in [6, 6.07) is 0. The van der Waals surface area contributed by atoms with Gasteiger partial charge in [-0.05, 0) is 0 Å². The second kappa shape index (κ2) is 9.69. The van der Waals surface area contributed by atoms with Gasteiger partial charge in [-0.1, -0.05) is 0 Å². The molecule has 0 bridgehead atoms. The van der Waals surface area contributed by atoms with Gasteiger partial charge in [-0.2, -0.15) is 0 Å². The van der Waals surface area contributed by atoms with Crippen LogP contribution in [0.2, 0.25) is 0 Å². The van der Waals surface area contributed by atoms with Crippen LogP contribution in [0.5, 0.6) is 0 Å². The van der Waals surface area contributed by atoms with Gasteiger partial charge in [0.05, 0.1) is 0 Å². The Hall–Kier alpha value is 2.69. The maximum atomic E-state index is 8.64. The molecule has 4 nitrogen and oxygen atoms in total. The fourth-order valence-corrected chi connectivity index (χ4v) is 0. The predicted octanol–water partition coefficient (Wildman–Crippen LogP) is -13.9. The van der Waals surface area contributed by atoms with E-state index in [2.05, 4.69) is 0 Å². The first-order valence-corrected chi connectivity index (χ1v) is 4.90. The zero-order valence-corrected chi connectivity index (χ0v) is 12.8. The van der Waals surface area contributed by atoms with Crippen LogP contribution in [0.15, 0.2) is 0 Å². The fourth-order valence-electron chi connectivity index (χ4n) is 0. The molecule has 0 fully saturated rings. The summed E-state index contributed by atoms with van der Waals surface area (Å²) in [6.07, 6.45) is 0. The van der Waals surface area contributed by atoms with Crippen LogP contribution in [0.25, 0.3) is 0 Å². The molecule has 0 amide bonds. The van der Waals surface area contributed by atoms with Crippen molar-refractivity contribution in [1.82, 2.24) is 0 Å². The Morgan fingerprint density at radius 1 is 0.875 bits per heavy atom. The molecule has 0 saturated carbocycles. The Labute approximate surface area is 103 Å². The van der Waals surface area contributed by atoms with Gasteiger partial charge in [0.1, 0.15) is 0 Å². The summed E-state index contributed by atoms with van der Waals surface area (Å²) < 4.78 is 34.6. The van der Waals surface area contributed by atoms with Gasteiger partial charge < -0.3 is 0 Å². The van der Waals surface area contributed by atoms with Crippen molar-refractivity contribution in [3.63, 3.8) is 0 Å². The monoisotopic (exact) mass is 569 g/mol. The van der Waals surface area contributed by atoms with E-state index in [1.165, 1.54) is 0 Å². The number of rotatable bonds is 0. The molecule has 0 heterocycles. The quantitative estimate of drug-likeness (QED) is 0.214. The molecule has 0 aliphatic carbocycles. The van der Waals surface area contributed by atoms with Crippen molar-refractivity contribution in [1.29, 1.82) is 0 Å².